The van der Waals surface area contributed by atoms with E-state index in [1.54, 1.807) is 34.9 Å². The second-order valence-corrected chi connectivity index (χ2v) is 8.46. The van der Waals surface area contributed by atoms with Crippen LogP contribution in [0.25, 0.3) is 12.2 Å². The van der Waals surface area contributed by atoms with Crippen LogP contribution in [-0.4, -0.2) is 45.4 Å². The average molecular weight is 394 g/mol. The molecule has 1 saturated heterocycles. The summed E-state index contributed by atoms with van der Waals surface area (Å²) in [5, 5.41) is 12.5. The average Bonchev–Trinajstić information content (AvgIpc) is 3.07. The minimum Gasteiger partial charge on any atom is -0.508 e. The molecular weight excluding hydrogens is 372 g/mol. The van der Waals surface area contributed by atoms with Crippen molar-refractivity contribution in [3.8, 4) is 5.75 Å². The fourth-order valence-electron chi connectivity index (χ4n) is 3.78. The number of hydrogen-bond acceptors (Lipinski definition) is 4. The standard InChI is InChI=1S/C22H22N2O3S/c1-2-28-19-11-12-24-20(19)21(26)23-18-10-7-15(13-17(18)22(24)27)4-3-14-5-8-16(25)9-6-14/h3-10,13,19-20,25H,2,11-12H2,1H3,(H,23,26)/b4-3+/t19-,20-/m0/s1. The maximum Gasteiger partial charge on any atom is 0.256 e. The normalized spacial score (nSPS) is 21.4. The van der Waals surface area contributed by atoms with Crippen molar-refractivity contribution in [2.45, 2.75) is 24.6 Å². The largest absolute Gasteiger partial charge is 0.508 e. The first kappa shape index (κ1) is 18.6. The van der Waals surface area contributed by atoms with Crippen molar-refractivity contribution in [2.24, 2.45) is 0 Å². The summed E-state index contributed by atoms with van der Waals surface area (Å²) in [6.07, 6.45) is 4.69. The van der Waals surface area contributed by atoms with Gasteiger partial charge in [-0.15, -0.1) is 0 Å². The van der Waals surface area contributed by atoms with Gasteiger partial charge < -0.3 is 15.3 Å². The molecule has 1 fully saturated rings. The number of hydrogen-bond donors (Lipinski definition) is 2. The molecule has 2 aromatic carbocycles. The third-order valence-corrected chi connectivity index (χ3v) is 6.40. The Morgan fingerprint density at radius 1 is 1.14 bits per heavy atom. The smallest absolute Gasteiger partial charge is 0.256 e. The minimum absolute atomic E-state index is 0.0857. The van der Waals surface area contributed by atoms with Crippen molar-refractivity contribution >= 4 is 41.4 Å². The number of thioether (sulfide) groups is 1. The Morgan fingerprint density at radius 2 is 1.86 bits per heavy atom. The lowest BCUT2D eigenvalue weighted by Crippen LogP contribution is -2.44. The molecule has 2 amide bonds. The highest BCUT2D eigenvalue weighted by Gasteiger charge is 2.44. The van der Waals surface area contributed by atoms with Crippen molar-refractivity contribution in [3.05, 3.63) is 59.2 Å². The summed E-state index contributed by atoms with van der Waals surface area (Å²) in [5.74, 6) is 0.971. The predicted molar refractivity (Wildman–Crippen MR) is 113 cm³/mol. The second kappa shape index (κ2) is 7.72. The van der Waals surface area contributed by atoms with E-state index in [-0.39, 0.29) is 22.8 Å². The Labute approximate surface area is 168 Å². The van der Waals surface area contributed by atoms with Crippen LogP contribution in [0.15, 0.2) is 42.5 Å². The van der Waals surface area contributed by atoms with Crippen molar-refractivity contribution in [1.82, 2.24) is 4.90 Å². The minimum atomic E-state index is -0.402. The van der Waals surface area contributed by atoms with E-state index >= 15 is 0 Å². The Morgan fingerprint density at radius 3 is 2.61 bits per heavy atom. The number of amides is 2. The summed E-state index contributed by atoms with van der Waals surface area (Å²) >= 11 is 1.74. The lowest BCUT2D eigenvalue weighted by molar-refractivity contribution is -0.119. The van der Waals surface area contributed by atoms with Crippen LogP contribution in [-0.2, 0) is 4.79 Å². The zero-order valence-corrected chi connectivity index (χ0v) is 16.4. The highest BCUT2D eigenvalue weighted by Crippen LogP contribution is 2.35. The first-order valence-corrected chi connectivity index (χ1v) is 10.5. The first-order valence-electron chi connectivity index (χ1n) is 9.41. The number of carbonyl (C=O) groups is 2. The molecule has 2 aliphatic heterocycles. The molecule has 0 spiro atoms. The third kappa shape index (κ3) is 3.52. The summed E-state index contributed by atoms with van der Waals surface area (Å²) in [5.41, 5.74) is 2.94. The van der Waals surface area contributed by atoms with E-state index in [4.69, 9.17) is 0 Å². The zero-order chi connectivity index (χ0) is 19.7. The van der Waals surface area contributed by atoms with E-state index in [9.17, 15) is 14.7 Å². The lowest BCUT2D eigenvalue weighted by atomic mass is 10.1. The summed E-state index contributed by atoms with van der Waals surface area (Å²) in [4.78, 5) is 27.6. The summed E-state index contributed by atoms with van der Waals surface area (Å²) in [7, 11) is 0. The van der Waals surface area contributed by atoms with Gasteiger partial charge in [0.2, 0.25) is 5.91 Å². The number of anilines is 1. The van der Waals surface area contributed by atoms with Crippen molar-refractivity contribution in [3.63, 3.8) is 0 Å². The molecule has 5 nitrogen and oxygen atoms in total. The molecule has 28 heavy (non-hydrogen) atoms. The number of fused-ring (bicyclic) bond motifs is 2. The van der Waals surface area contributed by atoms with Gasteiger partial charge in [-0.05, 0) is 47.6 Å². The molecule has 2 N–H and O–H groups in total. The van der Waals surface area contributed by atoms with Gasteiger partial charge in [0.05, 0.1) is 11.3 Å². The van der Waals surface area contributed by atoms with Crippen LogP contribution in [0, 0.1) is 0 Å². The molecular formula is C22H22N2O3S. The number of aromatic hydroxyl groups is 1. The van der Waals surface area contributed by atoms with Gasteiger partial charge in [-0.25, -0.2) is 0 Å². The molecule has 0 bridgehead atoms. The maximum absolute atomic E-state index is 13.2. The molecule has 4 rings (SSSR count). The topological polar surface area (TPSA) is 69.6 Å². The van der Waals surface area contributed by atoms with Gasteiger partial charge in [0.15, 0.2) is 0 Å². The number of phenols is 1. The maximum atomic E-state index is 13.2. The first-order chi connectivity index (χ1) is 13.6. The summed E-state index contributed by atoms with van der Waals surface area (Å²) in [6.45, 7) is 2.69. The molecule has 2 aromatic rings. The van der Waals surface area contributed by atoms with E-state index in [0.29, 0.717) is 17.8 Å². The van der Waals surface area contributed by atoms with Crippen LogP contribution in [0.1, 0.15) is 34.8 Å². The fraction of sp³-hybridized carbons (Fsp3) is 0.273. The van der Waals surface area contributed by atoms with Crippen LogP contribution in [0.4, 0.5) is 5.69 Å². The third-order valence-electron chi connectivity index (χ3n) is 5.15. The van der Waals surface area contributed by atoms with Crippen molar-refractivity contribution in [2.75, 3.05) is 17.6 Å². The molecule has 0 unspecified atom stereocenters. The molecule has 2 heterocycles. The Kier molecular flexibility index (Phi) is 5.13. The van der Waals surface area contributed by atoms with Gasteiger partial charge in [0.25, 0.3) is 5.91 Å². The quantitative estimate of drug-likeness (QED) is 0.773. The number of phenolic OH excluding ortho intramolecular Hbond substituents is 1. The van der Waals surface area contributed by atoms with Gasteiger partial charge in [-0.2, -0.15) is 11.8 Å². The van der Waals surface area contributed by atoms with Crippen LogP contribution < -0.4 is 5.32 Å². The molecule has 6 heteroatoms. The lowest BCUT2D eigenvalue weighted by Gasteiger charge is -2.23. The molecule has 0 aliphatic carbocycles. The van der Waals surface area contributed by atoms with E-state index in [0.717, 1.165) is 23.3 Å². The van der Waals surface area contributed by atoms with Crippen LogP contribution in [0.2, 0.25) is 0 Å². The van der Waals surface area contributed by atoms with Crippen molar-refractivity contribution < 1.29 is 14.7 Å². The highest BCUT2D eigenvalue weighted by molar-refractivity contribution is 7.99. The molecule has 0 aromatic heterocycles. The number of benzene rings is 2. The van der Waals surface area contributed by atoms with Gasteiger partial charge in [0.1, 0.15) is 11.8 Å². The number of nitrogens with one attached hydrogen (secondary N) is 1. The number of rotatable bonds is 4. The Hall–Kier alpha value is -2.73. The van der Waals surface area contributed by atoms with Gasteiger partial charge in [-0.1, -0.05) is 37.3 Å². The van der Waals surface area contributed by atoms with E-state index < -0.39 is 6.04 Å². The molecule has 2 aliphatic rings. The Bertz CT molecular complexity index is 939. The highest BCUT2D eigenvalue weighted by atomic mass is 32.2. The van der Waals surface area contributed by atoms with E-state index in [1.165, 1.54) is 0 Å². The monoisotopic (exact) mass is 394 g/mol. The summed E-state index contributed by atoms with van der Waals surface area (Å²) in [6, 6.07) is 12.0. The van der Waals surface area contributed by atoms with Crippen LogP contribution in [0.3, 0.4) is 0 Å². The van der Waals surface area contributed by atoms with Crippen LogP contribution >= 0.6 is 11.8 Å². The summed E-state index contributed by atoms with van der Waals surface area (Å²) < 4.78 is 0. The predicted octanol–water partition coefficient (Wildman–Crippen LogP) is 3.85. The zero-order valence-electron chi connectivity index (χ0n) is 15.6. The molecule has 0 radical (unpaired) electrons. The molecule has 2 atom stereocenters. The molecule has 0 saturated carbocycles. The van der Waals surface area contributed by atoms with Crippen molar-refractivity contribution in [1.29, 1.82) is 0 Å². The second-order valence-electron chi connectivity index (χ2n) is 6.94. The number of nitrogens with zero attached hydrogens (tertiary/aromatic N) is 1. The van der Waals surface area contributed by atoms with E-state index in [2.05, 4.69) is 12.2 Å². The fourth-order valence-corrected chi connectivity index (χ4v) is 4.93. The van der Waals surface area contributed by atoms with Gasteiger partial charge >= 0.3 is 0 Å². The van der Waals surface area contributed by atoms with E-state index in [1.807, 2.05) is 36.4 Å². The van der Waals surface area contributed by atoms with Gasteiger partial charge in [-0.3, -0.25) is 9.59 Å². The SMILES string of the molecule is CCS[C@H]1CCN2C(=O)c3cc(/C=C/c4ccc(O)cc4)ccc3NC(=O)[C@H]12. The molecule has 144 valence electrons. The van der Waals surface area contributed by atoms with Gasteiger partial charge in [0, 0.05) is 11.8 Å². The van der Waals surface area contributed by atoms with Crippen LogP contribution in [0.5, 0.6) is 5.75 Å². The Balaban J connectivity index is 1.62. The number of carbonyl (C=O) groups excluding carboxylic acids is 2.